The number of halogens is 1. The maximum absolute atomic E-state index is 13.4. The molecule has 2 amide bonds. The second kappa shape index (κ2) is 11.1. The zero-order valence-corrected chi connectivity index (χ0v) is 21.4. The van der Waals surface area contributed by atoms with Gasteiger partial charge in [0.15, 0.2) is 0 Å². The van der Waals surface area contributed by atoms with E-state index in [4.69, 9.17) is 16.3 Å². The van der Waals surface area contributed by atoms with Gasteiger partial charge in [0.05, 0.1) is 16.1 Å². The number of piperidine rings is 1. The standard InChI is InChI=1S/C27H30ClN5O3/c1-27(2,3)17-6-8-20(22(15-17)36-19-10-13-29-14-11-19)25(34)33-24-21(5-4-12-30-24)26(35)32-23-9-7-18(28)16-31-23/h4-9,12,15-16,19,29H,10-11,13-14H2,1-3H3,(H,30,33,34)(H,31,32,35). The Balaban J connectivity index is 1.58. The lowest BCUT2D eigenvalue weighted by molar-refractivity contribution is 0.101. The van der Waals surface area contributed by atoms with Gasteiger partial charge in [-0.1, -0.05) is 38.4 Å². The molecule has 3 heterocycles. The van der Waals surface area contributed by atoms with Crippen LogP contribution in [-0.2, 0) is 5.41 Å². The number of nitrogens with zero attached hydrogens (tertiary/aromatic N) is 2. The van der Waals surface area contributed by atoms with Crippen LogP contribution in [0.15, 0.2) is 54.9 Å². The van der Waals surface area contributed by atoms with Crippen LogP contribution in [0.4, 0.5) is 11.6 Å². The second-order valence-corrected chi connectivity index (χ2v) is 10.1. The first kappa shape index (κ1) is 25.6. The Morgan fingerprint density at radius 1 is 1.00 bits per heavy atom. The van der Waals surface area contributed by atoms with Gasteiger partial charge in [0.25, 0.3) is 11.8 Å². The number of pyridine rings is 2. The van der Waals surface area contributed by atoms with Crippen molar-refractivity contribution in [2.24, 2.45) is 0 Å². The lowest BCUT2D eigenvalue weighted by Crippen LogP contribution is -2.34. The third-order valence-corrected chi connectivity index (χ3v) is 6.15. The fourth-order valence-electron chi connectivity index (χ4n) is 3.86. The second-order valence-electron chi connectivity index (χ2n) is 9.70. The molecule has 0 spiro atoms. The minimum Gasteiger partial charge on any atom is -0.489 e. The lowest BCUT2D eigenvalue weighted by atomic mass is 9.86. The highest BCUT2D eigenvalue weighted by Gasteiger charge is 2.24. The third-order valence-electron chi connectivity index (χ3n) is 5.93. The van der Waals surface area contributed by atoms with Crippen LogP contribution in [0.25, 0.3) is 0 Å². The van der Waals surface area contributed by atoms with Crippen molar-refractivity contribution in [3.63, 3.8) is 0 Å². The molecule has 36 heavy (non-hydrogen) atoms. The number of rotatable bonds is 6. The van der Waals surface area contributed by atoms with E-state index in [1.165, 1.54) is 12.4 Å². The van der Waals surface area contributed by atoms with E-state index in [-0.39, 0.29) is 22.9 Å². The van der Waals surface area contributed by atoms with Gasteiger partial charge in [-0.15, -0.1) is 0 Å². The SMILES string of the molecule is CC(C)(C)c1ccc(C(=O)Nc2ncccc2C(=O)Nc2ccc(Cl)cn2)c(OC2CCNCC2)c1. The fourth-order valence-corrected chi connectivity index (χ4v) is 3.97. The third kappa shape index (κ3) is 6.38. The molecule has 1 aliphatic heterocycles. The summed E-state index contributed by atoms with van der Waals surface area (Å²) in [6.07, 6.45) is 4.71. The van der Waals surface area contributed by atoms with Crippen LogP contribution in [0.3, 0.4) is 0 Å². The molecule has 0 saturated carbocycles. The van der Waals surface area contributed by atoms with Crippen LogP contribution in [0.5, 0.6) is 5.75 Å². The largest absolute Gasteiger partial charge is 0.489 e. The number of benzene rings is 1. The number of amides is 2. The highest BCUT2D eigenvalue weighted by atomic mass is 35.5. The number of anilines is 2. The normalized spacial score (nSPS) is 14.2. The molecule has 3 aromatic rings. The monoisotopic (exact) mass is 507 g/mol. The summed E-state index contributed by atoms with van der Waals surface area (Å²) >= 11 is 5.87. The Bertz CT molecular complexity index is 1230. The van der Waals surface area contributed by atoms with E-state index in [9.17, 15) is 9.59 Å². The first-order valence-electron chi connectivity index (χ1n) is 11.9. The Kier molecular flexibility index (Phi) is 7.86. The molecule has 8 nitrogen and oxygen atoms in total. The Hall–Kier alpha value is -3.49. The average molecular weight is 508 g/mol. The zero-order valence-electron chi connectivity index (χ0n) is 20.6. The number of aromatic nitrogens is 2. The summed E-state index contributed by atoms with van der Waals surface area (Å²) in [5.41, 5.74) is 1.55. The van der Waals surface area contributed by atoms with Gasteiger partial charge in [-0.3, -0.25) is 9.59 Å². The van der Waals surface area contributed by atoms with Gasteiger partial charge in [-0.25, -0.2) is 9.97 Å². The highest BCUT2D eigenvalue weighted by Crippen LogP contribution is 2.31. The predicted molar refractivity (Wildman–Crippen MR) is 141 cm³/mol. The molecular weight excluding hydrogens is 478 g/mol. The Labute approximate surface area is 215 Å². The molecule has 188 valence electrons. The maximum atomic E-state index is 13.4. The van der Waals surface area contributed by atoms with E-state index in [2.05, 4.69) is 46.7 Å². The van der Waals surface area contributed by atoms with Crippen molar-refractivity contribution >= 4 is 35.1 Å². The molecule has 0 unspecified atom stereocenters. The molecule has 3 N–H and O–H groups in total. The topological polar surface area (TPSA) is 105 Å². The summed E-state index contributed by atoms with van der Waals surface area (Å²) in [5, 5.41) is 9.28. The molecule has 0 radical (unpaired) electrons. The van der Waals surface area contributed by atoms with E-state index in [0.29, 0.717) is 22.2 Å². The van der Waals surface area contributed by atoms with Crippen molar-refractivity contribution in [3.05, 3.63) is 76.6 Å². The molecule has 2 aromatic heterocycles. The molecule has 4 rings (SSSR count). The zero-order chi connectivity index (χ0) is 25.7. The van der Waals surface area contributed by atoms with Crippen molar-refractivity contribution in [1.82, 2.24) is 15.3 Å². The number of hydrogen-bond acceptors (Lipinski definition) is 6. The van der Waals surface area contributed by atoms with Gasteiger partial charge < -0.3 is 20.7 Å². The van der Waals surface area contributed by atoms with Crippen LogP contribution in [0.2, 0.25) is 5.02 Å². The van der Waals surface area contributed by atoms with Gasteiger partial charge in [0.2, 0.25) is 0 Å². The molecule has 9 heteroatoms. The summed E-state index contributed by atoms with van der Waals surface area (Å²) in [5.74, 6) is 0.140. The van der Waals surface area contributed by atoms with E-state index < -0.39 is 11.8 Å². The van der Waals surface area contributed by atoms with Crippen LogP contribution < -0.4 is 20.7 Å². The van der Waals surface area contributed by atoms with Crippen molar-refractivity contribution in [3.8, 4) is 5.75 Å². The molecule has 1 saturated heterocycles. The van der Waals surface area contributed by atoms with Crippen LogP contribution in [0.1, 0.15) is 59.9 Å². The van der Waals surface area contributed by atoms with E-state index in [1.54, 1.807) is 30.3 Å². The number of nitrogens with one attached hydrogen (secondary N) is 3. The molecule has 1 fully saturated rings. The van der Waals surface area contributed by atoms with Gasteiger partial charge in [0.1, 0.15) is 23.5 Å². The first-order valence-corrected chi connectivity index (χ1v) is 12.3. The summed E-state index contributed by atoms with van der Waals surface area (Å²) in [6.45, 7) is 8.10. The summed E-state index contributed by atoms with van der Waals surface area (Å²) in [4.78, 5) is 34.6. The minimum atomic E-state index is -0.456. The summed E-state index contributed by atoms with van der Waals surface area (Å²) in [7, 11) is 0. The van der Waals surface area contributed by atoms with Gasteiger partial charge in [-0.05, 0) is 73.3 Å². The minimum absolute atomic E-state index is 0.0242. The fraction of sp³-hybridized carbons (Fsp3) is 0.333. The number of hydrogen-bond donors (Lipinski definition) is 3. The average Bonchev–Trinajstić information content (AvgIpc) is 2.85. The molecule has 1 aliphatic rings. The van der Waals surface area contributed by atoms with E-state index in [0.717, 1.165) is 31.5 Å². The quantitative estimate of drug-likeness (QED) is 0.430. The van der Waals surface area contributed by atoms with Crippen LogP contribution in [0, 0.1) is 0 Å². The van der Waals surface area contributed by atoms with Crippen LogP contribution in [-0.4, -0.2) is 41.0 Å². The molecule has 0 aliphatic carbocycles. The van der Waals surface area contributed by atoms with Crippen LogP contribution >= 0.6 is 11.6 Å². The van der Waals surface area contributed by atoms with E-state index in [1.807, 2.05) is 12.1 Å². The molecular formula is C27H30ClN5O3. The summed E-state index contributed by atoms with van der Waals surface area (Å²) in [6, 6.07) is 12.1. The lowest BCUT2D eigenvalue weighted by Gasteiger charge is -2.27. The molecule has 0 atom stereocenters. The van der Waals surface area contributed by atoms with Crippen molar-refractivity contribution in [2.45, 2.75) is 45.1 Å². The smallest absolute Gasteiger partial charge is 0.260 e. The first-order chi connectivity index (χ1) is 17.2. The van der Waals surface area contributed by atoms with Crippen molar-refractivity contribution < 1.29 is 14.3 Å². The van der Waals surface area contributed by atoms with Gasteiger partial charge in [-0.2, -0.15) is 0 Å². The Morgan fingerprint density at radius 2 is 1.75 bits per heavy atom. The van der Waals surface area contributed by atoms with E-state index >= 15 is 0 Å². The van der Waals surface area contributed by atoms with Gasteiger partial charge in [0, 0.05) is 12.4 Å². The number of ether oxygens (including phenoxy) is 1. The van der Waals surface area contributed by atoms with Gasteiger partial charge >= 0.3 is 0 Å². The predicted octanol–water partition coefficient (Wildman–Crippen LogP) is 5.06. The molecule has 0 bridgehead atoms. The maximum Gasteiger partial charge on any atom is 0.260 e. The highest BCUT2D eigenvalue weighted by molar-refractivity contribution is 6.30. The number of carbonyl (C=O) groups excluding carboxylic acids is 2. The summed E-state index contributed by atoms with van der Waals surface area (Å²) < 4.78 is 6.33. The van der Waals surface area contributed by atoms with Crippen molar-refractivity contribution in [2.75, 3.05) is 23.7 Å². The number of carbonyl (C=O) groups is 2. The molecule has 1 aromatic carbocycles. The Morgan fingerprint density at radius 3 is 2.44 bits per heavy atom. The van der Waals surface area contributed by atoms with Crippen molar-refractivity contribution in [1.29, 1.82) is 0 Å².